The summed E-state index contributed by atoms with van der Waals surface area (Å²) < 4.78 is 5.27. The molecule has 172 valence electrons. The number of carbonyl (C=O) groups excluding carboxylic acids is 2. The fraction of sp³-hybridized carbons (Fsp3) is 0.286. The minimum absolute atomic E-state index is 0.100. The van der Waals surface area contributed by atoms with Gasteiger partial charge in [0.15, 0.2) is 0 Å². The van der Waals surface area contributed by atoms with E-state index in [1.54, 1.807) is 12.0 Å². The van der Waals surface area contributed by atoms with E-state index in [9.17, 15) is 9.59 Å². The highest BCUT2D eigenvalue weighted by molar-refractivity contribution is 5.89. The molecule has 0 aliphatic carbocycles. The summed E-state index contributed by atoms with van der Waals surface area (Å²) in [4.78, 5) is 28.7. The van der Waals surface area contributed by atoms with Gasteiger partial charge >= 0.3 is 0 Å². The molecule has 5 heteroatoms. The highest BCUT2D eigenvalue weighted by Crippen LogP contribution is 2.25. The van der Waals surface area contributed by atoms with Gasteiger partial charge in [0, 0.05) is 13.1 Å². The number of methoxy groups -OCH3 is 1. The molecule has 0 radical (unpaired) electrons. The first-order valence-electron chi connectivity index (χ1n) is 11.4. The minimum atomic E-state index is -0.721. The molecule has 3 rings (SSSR count). The molecule has 0 aromatic heterocycles. The van der Waals surface area contributed by atoms with E-state index in [1.807, 2.05) is 84.9 Å². The molecular formula is C28H32N2O3. The molecule has 33 heavy (non-hydrogen) atoms. The second-order valence-corrected chi connectivity index (χ2v) is 7.99. The standard InChI is InChI=1S/C28H32N2O3/c1-3-4-19-29-28(32)27(24-13-9-6-10-14-24)30(21-23-15-17-25(33-2)18-16-23)26(31)20-22-11-7-5-8-12-22/h5-18,27H,3-4,19-21H2,1-2H3,(H,29,32). The van der Waals surface area contributed by atoms with Crippen molar-refractivity contribution in [2.45, 2.75) is 38.8 Å². The van der Waals surface area contributed by atoms with Crippen LogP contribution in [0.5, 0.6) is 5.75 Å². The molecule has 0 spiro atoms. The summed E-state index contributed by atoms with van der Waals surface area (Å²) in [7, 11) is 1.62. The normalized spacial score (nSPS) is 11.5. The lowest BCUT2D eigenvalue weighted by molar-refractivity contribution is -0.141. The Hall–Kier alpha value is -3.60. The molecule has 2 amide bonds. The fourth-order valence-electron chi connectivity index (χ4n) is 3.72. The number of amides is 2. The number of hydrogen-bond donors (Lipinski definition) is 1. The van der Waals surface area contributed by atoms with Crippen LogP contribution in [-0.4, -0.2) is 30.4 Å². The lowest BCUT2D eigenvalue weighted by Crippen LogP contribution is -2.44. The van der Waals surface area contributed by atoms with E-state index in [0.29, 0.717) is 13.1 Å². The molecule has 0 fully saturated rings. The van der Waals surface area contributed by atoms with Crippen molar-refractivity contribution in [1.82, 2.24) is 10.2 Å². The lowest BCUT2D eigenvalue weighted by Gasteiger charge is -2.32. The molecule has 3 aromatic rings. The first kappa shape index (κ1) is 24.1. The molecule has 1 unspecified atom stereocenters. The lowest BCUT2D eigenvalue weighted by atomic mass is 10.0. The predicted molar refractivity (Wildman–Crippen MR) is 131 cm³/mol. The average molecular weight is 445 g/mol. The van der Waals surface area contributed by atoms with Gasteiger partial charge in [0.1, 0.15) is 11.8 Å². The Morgan fingerprint density at radius 3 is 2.12 bits per heavy atom. The minimum Gasteiger partial charge on any atom is -0.497 e. The summed E-state index contributed by atoms with van der Waals surface area (Å²) in [6.45, 7) is 2.98. The Bertz CT molecular complexity index is 1000. The first-order valence-corrected chi connectivity index (χ1v) is 11.4. The van der Waals surface area contributed by atoms with Crippen LogP contribution in [0, 0.1) is 0 Å². The maximum Gasteiger partial charge on any atom is 0.247 e. The second kappa shape index (κ2) is 12.4. The Morgan fingerprint density at radius 1 is 0.879 bits per heavy atom. The van der Waals surface area contributed by atoms with Crippen molar-refractivity contribution in [2.24, 2.45) is 0 Å². The Kier molecular flexibility index (Phi) is 9.07. The number of unbranched alkanes of at least 4 members (excludes halogenated alkanes) is 1. The third-order valence-corrected chi connectivity index (χ3v) is 5.54. The van der Waals surface area contributed by atoms with E-state index < -0.39 is 6.04 Å². The highest BCUT2D eigenvalue weighted by Gasteiger charge is 2.31. The number of nitrogens with zero attached hydrogens (tertiary/aromatic N) is 1. The summed E-state index contributed by atoms with van der Waals surface area (Å²) in [6.07, 6.45) is 2.10. The third kappa shape index (κ3) is 6.94. The molecule has 5 nitrogen and oxygen atoms in total. The molecule has 0 saturated carbocycles. The van der Waals surface area contributed by atoms with Gasteiger partial charge in [-0.15, -0.1) is 0 Å². The maximum atomic E-state index is 13.6. The average Bonchev–Trinajstić information content (AvgIpc) is 2.85. The van der Waals surface area contributed by atoms with Crippen molar-refractivity contribution < 1.29 is 14.3 Å². The van der Waals surface area contributed by atoms with E-state index in [2.05, 4.69) is 12.2 Å². The summed E-state index contributed by atoms with van der Waals surface area (Å²) in [5.74, 6) is 0.485. The van der Waals surface area contributed by atoms with Gasteiger partial charge in [-0.25, -0.2) is 0 Å². The number of rotatable bonds is 11. The summed E-state index contributed by atoms with van der Waals surface area (Å²) >= 11 is 0. The zero-order chi connectivity index (χ0) is 23.5. The van der Waals surface area contributed by atoms with E-state index >= 15 is 0 Å². The van der Waals surface area contributed by atoms with Gasteiger partial charge in [-0.05, 0) is 35.2 Å². The van der Waals surface area contributed by atoms with Crippen LogP contribution >= 0.6 is 0 Å². The summed E-state index contributed by atoms with van der Waals surface area (Å²) in [5.41, 5.74) is 2.64. The molecule has 0 saturated heterocycles. The second-order valence-electron chi connectivity index (χ2n) is 7.99. The molecule has 1 atom stereocenters. The molecule has 0 heterocycles. The van der Waals surface area contributed by atoms with E-state index in [1.165, 1.54) is 0 Å². The van der Waals surface area contributed by atoms with Crippen LogP contribution < -0.4 is 10.1 Å². The molecule has 1 N–H and O–H groups in total. The Labute approximate surface area is 196 Å². The zero-order valence-corrected chi connectivity index (χ0v) is 19.4. The largest absolute Gasteiger partial charge is 0.497 e. The van der Waals surface area contributed by atoms with Crippen molar-refractivity contribution >= 4 is 11.8 Å². The van der Waals surface area contributed by atoms with E-state index in [-0.39, 0.29) is 18.2 Å². The summed E-state index contributed by atoms with van der Waals surface area (Å²) in [6, 6.07) is 26.0. The third-order valence-electron chi connectivity index (χ3n) is 5.54. The quantitative estimate of drug-likeness (QED) is 0.427. The van der Waals surface area contributed by atoms with Gasteiger partial charge in [0.05, 0.1) is 13.5 Å². The van der Waals surface area contributed by atoms with E-state index in [0.717, 1.165) is 35.3 Å². The number of benzene rings is 3. The predicted octanol–water partition coefficient (Wildman–Crippen LogP) is 4.92. The monoisotopic (exact) mass is 444 g/mol. The molecule has 0 bridgehead atoms. The number of nitrogens with one attached hydrogen (secondary N) is 1. The summed E-state index contributed by atoms with van der Waals surface area (Å²) in [5, 5.41) is 3.03. The van der Waals surface area contributed by atoms with Gasteiger partial charge in [0.2, 0.25) is 11.8 Å². The zero-order valence-electron chi connectivity index (χ0n) is 19.4. The van der Waals surface area contributed by atoms with Crippen LogP contribution in [0.25, 0.3) is 0 Å². The van der Waals surface area contributed by atoms with Crippen molar-refractivity contribution in [3.05, 3.63) is 102 Å². The number of carbonyl (C=O) groups is 2. The highest BCUT2D eigenvalue weighted by atomic mass is 16.5. The van der Waals surface area contributed by atoms with Crippen molar-refractivity contribution in [1.29, 1.82) is 0 Å². The molecule has 0 aliphatic heterocycles. The topological polar surface area (TPSA) is 58.6 Å². The Morgan fingerprint density at radius 2 is 1.52 bits per heavy atom. The van der Waals surface area contributed by atoms with Crippen molar-refractivity contribution in [2.75, 3.05) is 13.7 Å². The SMILES string of the molecule is CCCCNC(=O)C(c1ccccc1)N(Cc1ccc(OC)cc1)C(=O)Cc1ccccc1. The van der Waals surface area contributed by atoms with Gasteiger partial charge in [-0.1, -0.05) is 86.1 Å². The molecule has 3 aromatic carbocycles. The van der Waals surface area contributed by atoms with Gasteiger partial charge < -0.3 is 15.0 Å². The maximum absolute atomic E-state index is 13.6. The molecule has 0 aliphatic rings. The van der Waals surface area contributed by atoms with Crippen LogP contribution in [0.1, 0.15) is 42.5 Å². The van der Waals surface area contributed by atoms with Crippen LogP contribution in [0.4, 0.5) is 0 Å². The van der Waals surface area contributed by atoms with Gasteiger partial charge in [-0.3, -0.25) is 9.59 Å². The van der Waals surface area contributed by atoms with Gasteiger partial charge in [0.25, 0.3) is 0 Å². The van der Waals surface area contributed by atoms with Crippen LogP contribution in [0.3, 0.4) is 0 Å². The molecular weight excluding hydrogens is 412 g/mol. The van der Waals surface area contributed by atoms with Crippen molar-refractivity contribution in [3.63, 3.8) is 0 Å². The smallest absolute Gasteiger partial charge is 0.247 e. The Balaban J connectivity index is 1.95. The van der Waals surface area contributed by atoms with Gasteiger partial charge in [-0.2, -0.15) is 0 Å². The number of hydrogen-bond acceptors (Lipinski definition) is 3. The first-order chi connectivity index (χ1) is 16.1. The van der Waals surface area contributed by atoms with E-state index in [4.69, 9.17) is 4.74 Å². The van der Waals surface area contributed by atoms with Crippen LogP contribution in [0.15, 0.2) is 84.9 Å². The van der Waals surface area contributed by atoms with Crippen LogP contribution in [0.2, 0.25) is 0 Å². The van der Waals surface area contributed by atoms with Crippen molar-refractivity contribution in [3.8, 4) is 5.75 Å². The van der Waals surface area contributed by atoms with Crippen LogP contribution in [-0.2, 0) is 22.6 Å². The number of ether oxygens (including phenoxy) is 1. The fourth-order valence-corrected chi connectivity index (χ4v) is 3.72.